The number of hydrogen-bond acceptors (Lipinski definition) is 3. The minimum absolute atomic E-state index is 0.0394. The molecule has 0 aliphatic rings. The fourth-order valence-electron chi connectivity index (χ4n) is 1.59. The first-order valence-electron chi connectivity index (χ1n) is 6.39. The largest absolute Gasteiger partial charge is 0.457 e. The van der Waals surface area contributed by atoms with Crippen molar-refractivity contribution >= 4 is 5.97 Å². The van der Waals surface area contributed by atoms with Crippen molar-refractivity contribution in [2.45, 2.75) is 65.6 Å². The van der Waals surface area contributed by atoms with E-state index in [1.165, 1.54) is 6.08 Å². The molecule has 2 atom stereocenters. The molecule has 3 heteroatoms. The van der Waals surface area contributed by atoms with Gasteiger partial charge in [-0.2, -0.15) is 0 Å². The van der Waals surface area contributed by atoms with Gasteiger partial charge < -0.3 is 9.84 Å². The van der Waals surface area contributed by atoms with Crippen LogP contribution in [0.2, 0.25) is 0 Å². The maximum atomic E-state index is 11.5. The summed E-state index contributed by atoms with van der Waals surface area (Å²) in [6.45, 7) is 9.51. The lowest BCUT2D eigenvalue weighted by molar-refractivity contribution is -0.148. The summed E-state index contributed by atoms with van der Waals surface area (Å²) in [5.41, 5.74) is -0.467. The molecule has 1 N–H and O–H groups in total. The molecule has 0 aromatic rings. The Morgan fingerprint density at radius 3 is 2.35 bits per heavy atom. The Balaban J connectivity index is 4.38. The third-order valence-corrected chi connectivity index (χ3v) is 2.42. The lowest BCUT2D eigenvalue weighted by atomic mass is 9.95. The molecule has 0 radical (unpaired) electrons. The van der Waals surface area contributed by atoms with Crippen LogP contribution < -0.4 is 0 Å². The van der Waals surface area contributed by atoms with Crippen LogP contribution >= 0.6 is 0 Å². The highest BCUT2D eigenvalue weighted by Crippen LogP contribution is 2.16. The molecule has 0 aliphatic carbocycles. The molecular weight excluding hydrogens is 216 g/mol. The second-order valence-electron chi connectivity index (χ2n) is 5.32. The molecule has 0 aliphatic heterocycles. The summed E-state index contributed by atoms with van der Waals surface area (Å²) in [7, 11) is 0. The van der Waals surface area contributed by atoms with Gasteiger partial charge in [-0.3, -0.25) is 0 Å². The van der Waals surface area contributed by atoms with Gasteiger partial charge in [0.2, 0.25) is 0 Å². The van der Waals surface area contributed by atoms with Crippen LogP contribution in [-0.2, 0) is 9.53 Å². The van der Waals surface area contributed by atoms with Crippen LogP contribution in [0.5, 0.6) is 0 Å². The summed E-state index contributed by atoms with van der Waals surface area (Å²) < 4.78 is 5.17. The van der Waals surface area contributed by atoms with Crippen LogP contribution in [0.4, 0.5) is 0 Å². The minimum atomic E-state index is -0.467. The number of carbonyl (C=O) groups is 1. The van der Waals surface area contributed by atoms with Gasteiger partial charge in [0.1, 0.15) is 5.60 Å². The van der Waals surface area contributed by atoms with Crippen molar-refractivity contribution in [3.63, 3.8) is 0 Å². The Morgan fingerprint density at radius 1 is 1.35 bits per heavy atom. The summed E-state index contributed by atoms with van der Waals surface area (Å²) in [5, 5.41) is 9.79. The number of aliphatic hydroxyl groups is 1. The fourth-order valence-corrected chi connectivity index (χ4v) is 1.59. The quantitative estimate of drug-likeness (QED) is 0.575. The molecule has 0 heterocycles. The average Bonchev–Trinajstić information content (AvgIpc) is 2.20. The Labute approximate surface area is 105 Å². The average molecular weight is 242 g/mol. The highest BCUT2D eigenvalue weighted by Gasteiger charge is 2.16. The number of rotatable bonds is 6. The van der Waals surface area contributed by atoms with E-state index in [0.717, 1.165) is 12.8 Å². The van der Waals surface area contributed by atoms with Crippen molar-refractivity contribution in [2.24, 2.45) is 5.92 Å². The molecule has 3 nitrogen and oxygen atoms in total. The van der Waals surface area contributed by atoms with E-state index in [-0.39, 0.29) is 18.0 Å². The van der Waals surface area contributed by atoms with Gasteiger partial charge in [0.05, 0.1) is 6.10 Å². The molecule has 0 aromatic carbocycles. The molecule has 0 rings (SSSR count). The van der Waals surface area contributed by atoms with Gasteiger partial charge in [-0.1, -0.05) is 26.3 Å². The van der Waals surface area contributed by atoms with Gasteiger partial charge in [-0.05, 0) is 33.6 Å². The topological polar surface area (TPSA) is 46.5 Å². The third kappa shape index (κ3) is 7.97. The second-order valence-corrected chi connectivity index (χ2v) is 5.32. The number of ether oxygens (including phenoxy) is 1. The smallest absolute Gasteiger partial charge is 0.330 e. The summed E-state index contributed by atoms with van der Waals surface area (Å²) >= 11 is 0. The maximum absolute atomic E-state index is 11.5. The Bertz CT molecular complexity index is 251. The Morgan fingerprint density at radius 2 is 1.94 bits per heavy atom. The third-order valence-electron chi connectivity index (χ3n) is 2.42. The number of esters is 1. The predicted octanol–water partition coefficient (Wildman–Crippen LogP) is 3.07. The van der Waals surface area contributed by atoms with E-state index in [4.69, 9.17) is 4.74 Å². The normalized spacial score (nSPS) is 15.9. The van der Waals surface area contributed by atoms with Crippen molar-refractivity contribution in [1.29, 1.82) is 0 Å². The number of aliphatic hydroxyl groups excluding tert-OH is 1. The van der Waals surface area contributed by atoms with E-state index in [1.807, 2.05) is 27.7 Å². The lowest BCUT2D eigenvalue weighted by Gasteiger charge is -2.19. The van der Waals surface area contributed by atoms with Crippen molar-refractivity contribution in [3.8, 4) is 0 Å². The van der Waals surface area contributed by atoms with Crippen LogP contribution in [0, 0.1) is 5.92 Å². The standard InChI is InChI=1S/C14H26O3/c1-6-8-11(12(15)7-2)9-10-13(16)17-14(3,4)5/h9-12,15H,6-8H2,1-5H3/t11-,12+/m1/s1. The van der Waals surface area contributed by atoms with Gasteiger partial charge in [-0.25, -0.2) is 4.79 Å². The van der Waals surface area contributed by atoms with Crippen LogP contribution in [0.15, 0.2) is 12.2 Å². The monoisotopic (exact) mass is 242 g/mol. The minimum Gasteiger partial charge on any atom is -0.457 e. The highest BCUT2D eigenvalue weighted by molar-refractivity contribution is 5.82. The first-order valence-corrected chi connectivity index (χ1v) is 6.39. The van der Waals surface area contributed by atoms with Gasteiger partial charge in [0, 0.05) is 12.0 Å². The first kappa shape index (κ1) is 16.2. The van der Waals surface area contributed by atoms with Crippen LogP contribution in [-0.4, -0.2) is 22.8 Å². The molecular formula is C14H26O3. The van der Waals surface area contributed by atoms with Crippen molar-refractivity contribution in [2.75, 3.05) is 0 Å². The molecule has 100 valence electrons. The summed E-state index contributed by atoms with van der Waals surface area (Å²) in [6, 6.07) is 0. The van der Waals surface area contributed by atoms with E-state index >= 15 is 0 Å². The molecule has 0 saturated carbocycles. The highest BCUT2D eigenvalue weighted by atomic mass is 16.6. The van der Waals surface area contributed by atoms with Crippen molar-refractivity contribution < 1.29 is 14.6 Å². The summed E-state index contributed by atoms with van der Waals surface area (Å²) in [4.78, 5) is 11.5. The number of carbonyl (C=O) groups excluding carboxylic acids is 1. The van der Waals surface area contributed by atoms with Gasteiger partial charge in [0.15, 0.2) is 0 Å². The van der Waals surface area contributed by atoms with E-state index < -0.39 is 5.60 Å². The van der Waals surface area contributed by atoms with Gasteiger partial charge >= 0.3 is 5.97 Å². The van der Waals surface area contributed by atoms with E-state index in [0.29, 0.717) is 6.42 Å². The van der Waals surface area contributed by atoms with E-state index in [9.17, 15) is 9.90 Å². The summed E-state index contributed by atoms with van der Waals surface area (Å²) in [6.07, 6.45) is 5.39. The van der Waals surface area contributed by atoms with E-state index in [1.54, 1.807) is 6.08 Å². The predicted molar refractivity (Wildman–Crippen MR) is 69.7 cm³/mol. The molecule has 0 fully saturated rings. The Hall–Kier alpha value is -0.830. The molecule has 0 unspecified atom stereocenters. The van der Waals surface area contributed by atoms with Crippen LogP contribution in [0.3, 0.4) is 0 Å². The van der Waals surface area contributed by atoms with Crippen molar-refractivity contribution in [3.05, 3.63) is 12.2 Å². The molecule has 0 aromatic heterocycles. The molecule has 0 bridgehead atoms. The van der Waals surface area contributed by atoms with E-state index in [2.05, 4.69) is 6.92 Å². The van der Waals surface area contributed by atoms with Crippen LogP contribution in [0.25, 0.3) is 0 Å². The Kier molecular flexibility index (Phi) is 7.12. The fraction of sp³-hybridized carbons (Fsp3) is 0.786. The molecule has 17 heavy (non-hydrogen) atoms. The van der Waals surface area contributed by atoms with Gasteiger partial charge in [0.25, 0.3) is 0 Å². The second kappa shape index (κ2) is 7.49. The maximum Gasteiger partial charge on any atom is 0.330 e. The first-order chi connectivity index (χ1) is 7.80. The zero-order valence-electron chi connectivity index (χ0n) is 11.7. The number of hydrogen-bond donors (Lipinski definition) is 1. The van der Waals surface area contributed by atoms with Crippen molar-refractivity contribution in [1.82, 2.24) is 0 Å². The lowest BCUT2D eigenvalue weighted by Crippen LogP contribution is -2.23. The molecule has 0 spiro atoms. The molecule has 0 saturated heterocycles. The van der Waals surface area contributed by atoms with Crippen LogP contribution in [0.1, 0.15) is 53.9 Å². The molecule has 0 amide bonds. The summed E-state index contributed by atoms with van der Waals surface area (Å²) in [5.74, 6) is -0.306. The zero-order valence-corrected chi connectivity index (χ0v) is 11.7. The zero-order chi connectivity index (χ0) is 13.5. The van der Waals surface area contributed by atoms with Gasteiger partial charge in [-0.15, -0.1) is 0 Å². The SMILES string of the molecule is CCC[C@H](C=CC(=O)OC(C)(C)C)[C@@H](O)CC.